The zero-order valence-corrected chi connectivity index (χ0v) is 18.2. The van der Waals surface area contributed by atoms with Crippen LogP contribution in [-0.4, -0.2) is 22.0 Å². The Labute approximate surface area is 181 Å². The van der Waals surface area contributed by atoms with Crippen molar-refractivity contribution in [1.82, 2.24) is 4.90 Å². The molecular formula is C24H25ClN2OS. The van der Waals surface area contributed by atoms with Crippen LogP contribution >= 0.6 is 23.4 Å². The Balaban J connectivity index is 1.69. The Morgan fingerprint density at radius 1 is 1.10 bits per heavy atom. The van der Waals surface area contributed by atoms with Gasteiger partial charge in [-0.2, -0.15) is 0 Å². The first-order valence-corrected chi connectivity index (χ1v) is 11.5. The van der Waals surface area contributed by atoms with Crippen LogP contribution in [0.3, 0.4) is 0 Å². The number of rotatable bonds is 4. The molecule has 1 saturated carbocycles. The molecule has 2 aromatic rings. The average Bonchev–Trinajstić information content (AvgIpc) is 3.05. The minimum Gasteiger partial charge on any atom is -0.283 e. The highest BCUT2D eigenvalue weighted by Crippen LogP contribution is 2.39. The summed E-state index contributed by atoms with van der Waals surface area (Å²) >= 11 is 7.78. The summed E-state index contributed by atoms with van der Waals surface area (Å²) in [6.45, 7) is 2.14. The predicted molar refractivity (Wildman–Crippen MR) is 124 cm³/mol. The quantitative estimate of drug-likeness (QED) is 0.503. The normalized spacial score (nSPS) is 20.8. The van der Waals surface area contributed by atoms with E-state index in [0.29, 0.717) is 9.93 Å². The van der Waals surface area contributed by atoms with Gasteiger partial charge in [0.15, 0.2) is 5.17 Å². The molecule has 3 nitrogen and oxygen atoms in total. The van der Waals surface area contributed by atoms with Crippen molar-refractivity contribution >= 4 is 46.2 Å². The monoisotopic (exact) mass is 424 g/mol. The van der Waals surface area contributed by atoms with Gasteiger partial charge in [0.25, 0.3) is 5.91 Å². The summed E-state index contributed by atoms with van der Waals surface area (Å²) < 4.78 is 0. The van der Waals surface area contributed by atoms with Gasteiger partial charge in [0.2, 0.25) is 0 Å². The molecule has 2 aliphatic rings. The molecule has 0 radical (unpaired) electrons. The Morgan fingerprint density at radius 2 is 1.83 bits per heavy atom. The largest absolute Gasteiger partial charge is 0.283 e. The molecular weight excluding hydrogens is 400 g/mol. The van der Waals surface area contributed by atoms with E-state index in [0.717, 1.165) is 35.7 Å². The van der Waals surface area contributed by atoms with Gasteiger partial charge < -0.3 is 0 Å². The van der Waals surface area contributed by atoms with Crippen molar-refractivity contribution in [1.29, 1.82) is 0 Å². The molecule has 1 saturated heterocycles. The van der Waals surface area contributed by atoms with Crippen LogP contribution in [0.1, 0.15) is 50.2 Å². The van der Waals surface area contributed by atoms with Crippen LogP contribution in [0, 0.1) is 0 Å². The molecule has 1 amide bonds. The van der Waals surface area contributed by atoms with Gasteiger partial charge in [-0.15, -0.1) is 0 Å². The maximum atomic E-state index is 13.3. The number of hydrogen-bond acceptors (Lipinski definition) is 3. The van der Waals surface area contributed by atoms with Gasteiger partial charge in [-0.05, 0) is 66.4 Å². The Morgan fingerprint density at radius 3 is 2.52 bits per heavy atom. The summed E-state index contributed by atoms with van der Waals surface area (Å²) in [6.07, 6.45) is 8.57. The minimum absolute atomic E-state index is 0.0470. The SMILES string of the molecule is CCc1ccc(N=C2S/C(=C/c3ccccc3Cl)C(=O)N2C2CCCCC2)cc1. The predicted octanol–water partition coefficient (Wildman–Crippen LogP) is 6.84. The van der Waals surface area contributed by atoms with Crippen molar-refractivity contribution in [2.75, 3.05) is 0 Å². The molecule has 1 aliphatic carbocycles. The lowest BCUT2D eigenvalue weighted by atomic mass is 9.94. The first-order chi connectivity index (χ1) is 14.2. The van der Waals surface area contributed by atoms with Gasteiger partial charge >= 0.3 is 0 Å². The molecule has 2 aromatic carbocycles. The summed E-state index contributed by atoms with van der Waals surface area (Å²) in [5.41, 5.74) is 3.03. The van der Waals surface area contributed by atoms with Crippen molar-refractivity contribution in [3.8, 4) is 0 Å². The second kappa shape index (κ2) is 9.19. The lowest BCUT2D eigenvalue weighted by Gasteiger charge is -2.30. The molecule has 0 aromatic heterocycles. The van der Waals surface area contributed by atoms with Crippen molar-refractivity contribution in [3.63, 3.8) is 0 Å². The maximum absolute atomic E-state index is 13.3. The highest BCUT2D eigenvalue weighted by atomic mass is 35.5. The van der Waals surface area contributed by atoms with Crippen molar-refractivity contribution in [3.05, 3.63) is 69.6 Å². The lowest BCUT2D eigenvalue weighted by molar-refractivity contribution is -0.124. The van der Waals surface area contributed by atoms with E-state index in [2.05, 4.69) is 19.1 Å². The summed E-state index contributed by atoms with van der Waals surface area (Å²) in [6, 6.07) is 16.1. The fourth-order valence-electron chi connectivity index (χ4n) is 3.88. The molecule has 150 valence electrons. The average molecular weight is 425 g/mol. The molecule has 5 heteroatoms. The van der Waals surface area contributed by atoms with Crippen LogP contribution < -0.4 is 0 Å². The Bertz CT molecular complexity index is 946. The van der Waals surface area contributed by atoms with Crippen molar-refractivity contribution in [2.45, 2.75) is 51.5 Å². The first-order valence-electron chi connectivity index (χ1n) is 10.3. The number of amidine groups is 1. The number of amides is 1. The van der Waals surface area contributed by atoms with E-state index in [1.807, 2.05) is 47.4 Å². The highest BCUT2D eigenvalue weighted by Gasteiger charge is 2.38. The number of aryl methyl sites for hydroxylation is 1. The number of benzene rings is 2. The molecule has 4 rings (SSSR count). The van der Waals surface area contributed by atoms with Crippen LogP contribution in [0.25, 0.3) is 6.08 Å². The van der Waals surface area contributed by atoms with Crippen LogP contribution in [0.4, 0.5) is 5.69 Å². The number of carbonyl (C=O) groups excluding carboxylic acids is 1. The van der Waals surface area contributed by atoms with E-state index < -0.39 is 0 Å². The third-order valence-electron chi connectivity index (χ3n) is 5.54. The number of nitrogens with zero attached hydrogens (tertiary/aromatic N) is 2. The van der Waals surface area contributed by atoms with Gasteiger partial charge in [0.1, 0.15) is 0 Å². The van der Waals surface area contributed by atoms with Crippen LogP contribution in [0.5, 0.6) is 0 Å². The summed E-state index contributed by atoms with van der Waals surface area (Å²) in [4.78, 5) is 20.8. The van der Waals surface area contributed by atoms with E-state index >= 15 is 0 Å². The van der Waals surface area contributed by atoms with Crippen molar-refractivity contribution in [2.24, 2.45) is 4.99 Å². The van der Waals surface area contributed by atoms with E-state index in [1.54, 1.807) is 0 Å². The van der Waals surface area contributed by atoms with E-state index in [1.165, 1.54) is 36.6 Å². The Hall–Kier alpha value is -2.04. The zero-order valence-electron chi connectivity index (χ0n) is 16.6. The number of thioether (sulfide) groups is 1. The van der Waals surface area contributed by atoms with Gasteiger partial charge in [-0.3, -0.25) is 9.69 Å². The standard InChI is InChI=1S/C24H25ClN2OS/c1-2-17-12-14-19(15-13-17)26-24-27(20-9-4-3-5-10-20)23(28)22(29-24)16-18-8-6-7-11-21(18)25/h6-8,11-16,20H,2-5,9-10H2,1H3/b22-16+,26-24?. The maximum Gasteiger partial charge on any atom is 0.267 e. The summed E-state index contributed by atoms with van der Waals surface area (Å²) in [7, 11) is 0. The van der Waals surface area contributed by atoms with Crippen LogP contribution in [0.15, 0.2) is 58.4 Å². The number of aliphatic imine (C=N–C) groups is 1. The molecule has 0 bridgehead atoms. The third-order valence-corrected chi connectivity index (χ3v) is 6.87. The van der Waals surface area contributed by atoms with E-state index in [9.17, 15) is 4.79 Å². The molecule has 0 atom stereocenters. The van der Waals surface area contributed by atoms with Gasteiger partial charge in [-0.1, -0.05) is 68.1 Å². The number of hydrogen-bond donors (Lipinski definition) is 0. The van der Waals surface area contributed by atoms with Gasteiger partial charge in [-0.25, -0.2) is 4.99 Å². The van der Waals surface area contributed by atoms with E-state index in [-0.39, 0.29) is 11.9 Å². The molecule has 0 unspecified atom stereocenters. The summed E-state index contributed by atoms with van der Waals surface area (Å²) in [5.74, 6) is 0.0470. The van der Waals surface area contributed by atoms with Crippen LogP contribution in [0.2, 0.25) is 5.02 Å². The first kappa shape index (κ1) is 20.2. The molecule has 0 N–H and O–H groups in total. The molecule has 1 aliphatic heterocycles. The number of carbonyl (C=O) groups is 1. The third kappa shape index (κ3) is 4.59. The molecule has 2 fully saturated rings. The Kier molecular flexibility index (Phi) is 6.41. The van der Waals surface area contributed by atoms with Crippen molar-refractivity contribution < 1.29 is 4.79 Å². The van der Waals surface area contributed by atoms with Crippen LogP contribution in [-0.2, 0) is 11.2 Å². The highest BCUT2D eigenvalue weighted by molar-refractivity contribution is 8.18. The molecule has 1 heterocycles. The second-order valence-electron chi connectivity index (χ2n) is 7.51. The smallest absolute Gasteiger partial charge is 0.267 e. The lowest BCUT2D eigenvalue weighted by Crippen LogP contribution is -2.40. The fraction of sp³-hybridized carbons (Fsp3) is 0.333. The van der Waals surface area contributed by atoms with E-state index in [4.69, 9.17) is 16.6 Å². The fourth-order valence-corrected chi connectivity index (χ4v) is 5.12. The van der Waals surface area contributed by atoms with Gasteiger partial charge in [0.05, 0.1) is 10.6 Å². The molecule has 29 heavy (non-hydrogen) atoms. The zero-order chi connectivity index (χ0) is 20.2. The summed E-state index contributed by atoms with van der Waals surface area (Å²) in [5, 5.41) is 1.43. The minimum atomic E-state index is 0.0470. The number of halogens is 1. The molecule has 0 spiro atoms. The second-order valence-corrected chi connectivity index (χ2v) is 8.93. The van der Waals surface area contributed by atoms with Gasteiger partial charge in [0, 0.05) is 11.1 Å². The topological polar surface area (TPSA) is 32.7 Å².